The van der Waals surface area contributed by atoms with E-state index in [4.69, 9.17) is 0 Å². The summed E-state index contributed by atoms with van der Waals surface area (Å²) in [5.41, 5.74) is 1.25. The van der Waals surface area contributed by atoms with Crippen molar-refractivity contribution in [1.82, 2.24) is 4.98 Å². The zero-order valence-corrected chi connectivity index (χ0v) is 10.7. The van der Waals surface area contributed by atoms with Crippen LogP contribution in [0, 0.1) is 11.6 Å². The van der Waals surface area contributed by atoms with E-state index in [9.17, 15) is 8.78 Å². The second kappa shape index (κ2) is 4.48. The SMILES string of the molecule is CC(C)(C)c1ccc(-c2c(F)cccc2F)cn1. The van der Waals surface area contributed by atoms with Gasteiger partial charge in [-0.3, -0.25) is 4.98 Å². The molecule has 0 atom stereocenters. The second-order valence-corrected chi connectivity index (χ2v) is 5.28. The molecule has 0 unspecified atom stereocenters. The molecule has 3 heteroatoms. The molecule has 0 saturated heterocycles. The summed E-state index contributed by atoms with van der Waals surface area (Å²) in [6.45, 7) is 6.12. The first-order chi connectivity index (χ1) is 8.39. The first-order valence-corrected chi connectivity index (χ1v) is 5.80. The fourth-order valence-corrected chi connectivity index (χ4v) is 1.76. The van der Waals surface area contributed by atoms with Crippen LogP contribution in [-0.2, 0) is 5.41 Å². The second-order valence-electron chi connectivity index (χ2n) is 5.28. The monoisotopic (exact) mass is 247 g/mol. The Morgan fingerprint density at radius 3 is 2.00 bits per heavy atom. The van der Waals surface area contributed by atoms with Crippen molar-refractivity contribution in [2.24, 2.45) is 0 Å². The number of halogens is 2. The normalized spacial score (nSPS) is 11.6. The van der Waals surface area contributed by atoms with Gasteiger partial charge in [0.15, 0.2) is 0 Å². The van der Waals surface area contributed by atoms with E-state index in [1.165, 1.54) is 24.4 Å². The molecule has 18 heavy (non-hydrogen) atoms. The maximum absolute atomic E-state index is 13.6. The van der Waals surface area contributed by atoms with Gasteiger partial charge in [-0.1, -0.05) is 32.9 Å². The molecule has 1 heterocycles. The summed E-state index contributed by atoms with van der Waals surface area (Å²) in [5, 5.41) is 0. The predicted octanol–water partition coefficient (Wildman–Crippen LogP) is 4.32. The quantitative estimate of drug-likeness (QED) is 0.731. The number of aromatic nitrogens is 1. The fraction of sp³-hybridized carbons (Fsp3) is 0.267. The molecule has 0 N–H and O–H groups in total. The van der Waals surface area contributed by atoms with Crippen molar-refractivity contribution in [3.05, 3.63) is 53.9 Å². The van der Waals surface area contributed by atoms with Crippen LogP contribution in [0.1, 0.15) is 26.5 Å². The lowest BCUT2D eigenvalue weighted by Crippen LogP contribution is -2.13. The summed E-state index contributed by atoms with van der Waals surface area (Å²) in [6, 6.07) is 7.35. The van der Waals surface area contributed by atoms with Crippen molar-refractivity contribution in [2.45, 2.75) is 26.2 Å². The lowest BCUT2D eigenvalue weighted by Gasteiger charge is -2.17. The van der Waals surface area contributed by atoms with Crippen LogP contribution in [0.25, 0.3) is 11.1 Å². The summed E-state index contributed by atoms with van der Waals surface area (Å²) < 4.78 is 27.2. The van der Waals surface area contributed by atoms with Gasteiger partial charge >= 0.3 is 0 Å². The highest BCUT2D eigenvalue weighted by atomic mass is 19.1. The van der Waals surface area contributed by atoms with Gasteiger partial charge in [-0.2, -0.15) is 0 Å². The summed E-state index contributed by atoms with van der Waals surface area (Å²) in [4.78, 5) is 4.28. The van der Waals surface area contributed by atoms with E-state index in [1.807, 2.05) is 20.8 Å². The van der Waals surface area contributed by atoms with Crippen LogP contribution in [0.3, 0.4) is 0 Å². The van der Waals surface area contributed by atoms with E-state index < -0.39 is 11.6 Å². The number of hydrogen-bond donors (Lipinski definition) is 0. The van der Waals surface area contributed by atoms with Crippen LogP contribution in [0.15, 0.2) is 36.5 Å². The lowest BCUT2D eigenvalue weighted by molar-refractivity contribution is 0.568. The number of nitrogens with zero attached hydrogens (tertiary/aromatic N) is 1. The van der Waals surface area contributed by atoms with Gasteiger partial charge in [0, 0.05) is 22.9 Å². The van der Waals surface area contributed by atoms with Crippen molar-refractivity contribution in [3.8, 4) is 11.1 Å². The van der Waals surface area contributed by atoms with Crippen molar-refractivity contribution < 1.29 is 8.78 Å². The van der Waals surface area contributed by atoms with Crippen LogP contribution >= 0.6 is 0 Å². The Balaban J connectivity index is 2.47. The van der Waals surface area contributed by atoms with Gasteiger partial charge in [-0.05, 0) is 18.2 Å². The number of rotatable bonds is 1. The topological polar surface area (TPSA) is 12.9 Å². The number of hydrogen-bond acceptors (Lipinski definition) is 1. The Kier molecular flexibility index (Phi) is 3.16. The van der Waals surface area contributed by atoms with Crippen LogP contribution in [0.5, 0.6) is 0 Å². The molecule has 2 rings (SSSR count). The first kappa shape index (κ1) is 12.7. The highest BCUT2D eigenvalue weighted by Crippen LogP contribution is 2.27. The first-order valence-electron chi connectivity index (χ1n) is 5.80. The van der Waals surface area contributed by atoms with Crippen LogP contribution < -0.4 is 0 Å². The summed E-state index contributed by atoms with van der Waals surface area (Å²) in [6.07, 6.45) is 1.52. The molecule has 0 saturated carbocycles. The van der Waals surface area contributed by atoms with Gasteiger partial charge in [-0.25, -0.2) is 8.78 Å². The zero-order valence-electron chi connectivity index (χ0n) is 10.7. The standard InChI is InChI=1S/C15H15F2N/c1-15(2,3)13-8-7-10(9-18-13)14-11(16)5-4-6-12(14)17/h4-9H,1-3H3. The smallest absolute Gasteiger partial charge is 0.134 e. The van der Waals surface area contributed by atoms with E-state index in [2.05, 4.69) is 4.98 Å². The van der Waals surface area contributed by atoms with Gasteiger partial charge in [0.05, 0.1) is 5.56 Å². The molecule has 1 nitrogen and oxygen atoms in total. The van der Waals surface area contributed by atoms with Crippen LogP contribution in [0.2, 0.25) is 0 Å². The van der Waals surface area contributed by atoms with Crippen LogP contribution in [-0.4, -0.2) is 4.98 Å². The van der Waals surface area contributed by atoms with Gasteiger partial charge in [-0.15, -0.1) is 0 Å². The summed E-state index contributed by atoms with van der Waals surface area (Å²) in [5.74, 6) is -1.14. The Hall–Kier alpha value is -1.77. The Bertz CT molecular complexity index is 533. The number of pyridine rings is 1. The van der Waals surface area contributed by atoms with Crippen LogP contribution in [0.4, 0.5) is 8.78 Å². The molecule has 0 amide bonds. The minimum absolute atomic E-state index is 0.0227. The molecule has 0 spiro atoms. The highest BCUT2D eigenvalue weighted by Gasteiger charge is 2.16. The maximum atomic E-state index is 13.6. The molecule has 0 aliphatic heterocycles. The number of benzene rings is 1. The van der Waals surface area contributed by atoms with E-state index in [1.54, 1.807) is 12.1 Å². The van der Waals surface area contributed by atoms with E-state index in [-0.39, 0.29) is 11.0 Å². The Morgan fingerprint density at radius 2 is 1.56 bits per heavy atom. The van der Waals surface area contributed by atoms with Crippen molar-refractivity contribution >= 4 is 0 Å². The third-order valence-electron chi connectivity index (χ3n) is 2.78. The maximum Gasteiger partial charge on any atom is 0.134 e. The lowest BCUT2D eigenvalue weighted by atomic mass is 9.91. The van der Waals surface area contributed by atoms with E-state index in [0.717, 1.165) is 5.69 Å². The highest BCUT2D eigenvalue weighted by molar-refractivity contribution is 5.64. The van der Waals surface area contributed by atoms with Crippen molar-refractivity contribution in [3.63, 3.8) is 0 Å². The molecule has 0 bridgehead atoms. The molecule has 0 aliphatic rings. The predicted molar refractivity (Wildman–Crippen MR) is 68.3 cm³/mol. The molecule has 2 aromatic rings. The van der Waals surface area contributed by atoms with Crippen molar-refractivity contribution in [1.29, 1.82) is 0 Å². The Morgan fingerprint density at radius 1 is 0.944 bits per heavy atom. The van der Waals surface area contributed by atoms with Gasteiger partial charge < -0.3 is 0 Å². The third-order valence-corrected chi connectivity index (χ3v) is 2.78. The molecule has 94 valence electrons. The zero-order chi connectivity index (χ0) is 13.3. The molecular weight excluding hydrogens is 232 g/mol. The Labute approximate surface area is 105 Å². The largest absolute Gasteiger partial charge is 0.260 e. The van der Waals surface area contributed by atoms with Gasteiger partial charge in [0.25, 0.3) is 0 Å². The summed E-state index contributed by atoms with van der Waals surface area (Å²) in [7, 11) is 0. The van der Waals surface area contributed by atoms with E-state index in [0.29, 0.717) is 5.56 Å². The fourth-order valence-electron chi connectivity index (χ4n) is 1.76. The minimum atomic E-state index is -0.569. The molecule has 0 aliphatic carbocycles. The molecule has 1 aromatic heterocycles. The summed E-state index contributed by atoms with van der Waals surface area (Å²) >= 11 is 0. The van der Waals surface area contributed by atoms with Gasteiger partial charge in [0.2, 0.25) is 0 Å². The van der Waals surface area contributed by atoms with Crippen molar-refractivity contribution in [2.75, 3.05) is 0 Å². The molecule has 1 aromatic carbocycles. The molecule has 0 fully saturated rings. The third kappa shape index (κ3) is 2.40. The average Bonchev–Trinajstić information content (AvgIpc) is 2.28. The molecule has 0 radical (unpaired) electrons. The average molecular weight is 247 g/mol. The molecular formula is C15H15F2N. The van der Waals surface area contributed by atoms with E-state index >= 15 is 0 Å². The van der Waals surface area contributed by atoms with Gasteiger partial charge in [0.1, 0.15) is 11.6 Å². The minimum Gasteiger partial charge on any atom is -0.260 e.